The number of aromatic nitrogens is 2. The summed E-state index contributed by atoms with van der Waals surface area (Å²) in [5, 5.41) is 9.46. The molecule has 0 saturated heterocycles. The molecule has 0 radical (unpaired) electrons. The summed E-state index contributed by atoms with van der Waals surface area (Å²) < 4.78 is 0. The molecule has 19 heavy (non-hydrogen) atoms. The first-order chi connectivity index (χ1) is 9.24. The Labute approximate surface area is 115 Å². The lowest BCUT2D eigenvalue weighted by atomic mass is 10.1. The molecule has 1 heterocycles. The summed E-state index contributed by atoms with van der Waals surface area (Å²) in [6, 6.07) is 7.74. The second-order valence-electron chi connectivity index (χ2n) is 3.75. The van der Waals surface area contributed by atoms with Crippen molar-refractivity contribution in [1.82, 2.24) is 9.97 Å². The zero-order valence-electron chi connectivity index (χ0n) is 10.1. The average Bonchev–Trinajstić information content (AvgIpc) is 2.44. The largest absolute Gasteiger partial charge is 0.478 e. The Morgan fingerprint density at radius 2 is 2.26 bits per heavy atom. The fourth-order valence-corrected chi connectivity index (χ4v) is 2.24. The lowest BCUT2D eigenvalue weighted by molar-refractivity contribution is -0.131. The second kappa shape index (κ2) is 6.70. The molecule has 0 atom stereocenters. The van der Waals surface area contributed by atoms with E-state index in [1.165, 1.54) is 0 Å². The van der Waals surface area contributed by atoms with E-state index in [9.17, 15) is 4.79 Å². The summed E-state index contributed by atoms with van der Waals surface area (Å²) in [4.78, 5) is 18.7. The normalized spacial score (nSPS) is 10.7. The van der Waals surface area contributed by atoms with Crippen molar-refractivity contribution in [2.75, 3.05) is 0 Å². The van der Waals surface area contributed by atoms with Crippen molar-refractivity contribution >= 4 is 23.8 Å². The summed E-state index contributed by atoms with van der Waals surface area (Å²) >= 11 is 1.59. The molecule has 2 rings (SSSR count). The van der Waals surface area contributed by atoms with Crippen LogP contribution in [-0.2, 0) is 10.5 Å². The van der Waals surface area contributed by atoms with Crippen molar-refractivity contribution < 1.29 is 9.90 Å². The number of rotatable bonds is 5. The maximum atomic E-state index is 10.5. The van der Waals surface area contributed by atoms with Crippen LogP contribution >= 0.6 is 11.8 Å². The number of hydrogen-bond acceptors (Lipinski definition) is 4. The summed E-state index contributed by atoms with van der Waals surface area (Å²) in [6.07, 6.45) is 7.74. The molecule has 0 bridgehead atoms. The van der Waals surface area contributed by atoms with Crippen LogP contribution in [0.25, 0.3) is 6.08 Å². The molecule has 0 spiro atoms. The Bertz CT molecular complexity index is 585. The number of benzene rings is 1. The molecular formula is C14H12N2O2S. The van der Waals surface area contributed by atoms with Gasteiger partial charge in [0.2, 0.25) is 0 Å². The summed E-state index contributed by atoms with van der Waals surface area (Å²) in [7, 11) is 0. The van der Waals surface area contributed by atoms with Crippen LogP contribution < -0.4 is 0 Å². The van der Waals surface area contributed by atoms with E-state index in [0.717, 1.165) is 28.0 Å². The number of aliphatic carboxylic acids is 1. The van der Waals surface area contributed by atoms with Gasteiger partial charge in [-0.05, 0) is 17.2 Å². The van der Waals surface area contributed by atoms with Gasteiger partial charge in [-0.3, -0.25) is 4.98 Å². The van der Waals surface area contributed by atoms with E-state index in [4.69, 9.17) is 5.11 Å². The first-order valence-electron chi connectivity index (χ1n) is 5.63. The van der Waals surface area contributed by atoms with Gasteiger partial charge in [0.15, 0.2) is 0 Å². The first kappa shape index (κ1) is 13.3. The molecular weight excluding hydrogens is 260 g/mol. The van der Waals surface area contributed by atoms with Gasteiger partial charge in [-0.25, -0.2) is 9.78 Å². The Balaban J connectivity index is 2.01. The summed E-state index contributed by atoms with van der Waals surface area (Å²) in [5.41, 5.74) is 1.99. The molecule has 0 saturated carbocycles. The average molecular weight is 272 g/mol. The van der Waals surface area contributed by atoms with Gasteiger partial charge in [0.25, 0.3) is 0 Å². The number of carbonyl (C=O) groups is 1. The molecule has 1 aromatic heterocycles. The van der Waals surface area contributed by atoms with E-state index in [0.29, 0.717) is 0 Å². The second-order valence-corrected chi connectivity index (χ2v) is 4.74. The fourth-order valence-electron chi connectivity index (χ4n) is 1.47. The van der Waals surface area contributed by atoms with Crippen molar-refractivity contribution in [1.29, 1.82) is 0 Å². The summed E-state index contributed by atoms with van der Waals surface area (Å²) in [5.74, 6) is -0.174. The number of nitrogens with zero attached hydrogens (tertiary/aromatic N) is 2. The van der Waals surface area contributed by atoms with Gasteiger partial charge >= 0.3 is 5.97 Å². The van der Waals surface area contributed by atoms with Crippen LogP contribution in [0.5, 0.6) is 0 Å². The van der Waals surface area contributed by atoms with Gasteiger partial charge in [-0.2, -0.15) is 0 Å². The Kier molecular flexibility index (Phi) is 4.69. The third kappa shape index (κ3) is 4.56. The smallest absolute Gasteiger partial charge is 0.328 e. The van der Waals surface area contributed by atoms with Gasteiger partial charge in [0.05, 0.1) is 6.20 Å². The van der Waals surface area contributed by atoms with Crippen molar-refractivity contribution in [3.8, 4) is 0 Å². The highest BCUT2D eigenvalue weighted by Gasteiger charge is 1.98. The minimum atomic E-state index is -0.945. The SMILES string of the molecule is O=C(O)C=Cc1cccc(CSc2cnccn2)c1. The number of thioether (sulfide) groups is 1. The highest BCUT2D eigenvalue weighted by atomic mass is 32.2. The van der Waals surface area contributed by atoms with Gasteiger partial charge in [-0.15, -0.1) is 11.8 Å². The predicted octanol–water partition coefficient (Wildman–Crippen LogP) is 2.87. The summed E-state index contributed by atoms with van der Waals surface area (Å²) in [6.45, 7) is 0. The first-order valence-corrected chi connectivity index (χ1v) is 6.61. The zero-order valence-corrected chi connectivity index (χ0v) is 10.9. The van der Waals surface area contributed by atoms with Crippen LogP contribution in [0.3, 0.4) is 0 Å². The van der Waals surface area contributed by atoms with Gasteiger partial charge in [0.1, 0.15) is 5.03 Å². The van der Waals surface area contributed by atoms with Crippen LogP contribution in [0.1, 0.15) is 11.1 Å². The number of hydrogen-bond donors (Lipinski definition) is 1. The third-order valence-electron chi connectivity index (χ3n) is 2.30. The van der Waals surface area contributed by atoms with Crippen molar-refractivity contribution in [3.05, 3.63) is 60.1 Å². The molecule has 5 heteroatoms. The molecule has 0 fully saturated rings. The van der Waals surface area contributed by atoms with E-state index in [-0.39, 0.29) is 0 Å². The Morgan fingerprint density at radius 1 is 1.37 bits per heavy atom. The fraction of sp³-hybridized carbons (Fsp3) is 0.0714. The number of carboxylic acid groups (broad SMARTS) is 1. The monoisotopic (exact) mass is 272 g/mol. The van der Waals surface area contributed by atoms with Crippen LogP contribution in [0.4, 0.5) is 0 Å². The lowest BCUT2D eigenvalue weighted by Gasteiger charge is -2.02. The van der Waals surface area contributed by atoms with E-state index in [1.807, 2.05) is 24.3 Å². The third-order valence-corrected chi connectivity index (χ3v) is 3.28. The molecule has 4 nitrogen and oxygen atoms in total. The molecule has 1 N–H and O–H groups in total. The zero-order chi connectivity index (χ0) is 13.5. The standard InChI is InChI=1S/C14H12N2O2S/c17-14(18)5-4-11-2-1-3-12(8-11)10-19-13-9-15-6-7-16-13/h1-9H,10H2,(H,17,18). The van der Waals surface area contributed by atoms with Crippen LogP contribution in [0.2, 0.25) is 0 Å². The molecule has 0 aliphatic rings. The van der Waals surface area contributed by atoms with E-state index < -0.39 is 5.97 Å². The van der Waals surface area contributed by atoms with E-state index in [1.54, 1.807) is 36.4 Å². The van der Waals surface area contributed by atoms with Crippen LogP contribution in [0.15, 0.2) is 54.0 Å². The molecule has 0 amide bonds. The number of carboxylic acids is 1. The van der Waals surface area contributed by atoms with E-state index >= 15 is 0 Å². The highest BCUT2D eigenvalue weighted by molar-refractivity contribution is 7.98. The topological polar surface area (TPSA) is 63.1 Å². The van der Waals surface area contributed by atoms with Crippen molar-refractivity contribution in [2.24, 2.45) is 0 Å². The predicted molar refractivity (Wildman–Crippen MR) is 74.7 cm³/mol. The molecule has 0 unspecified atom stereocenters. The van der Waals surface area contributed by atoms with Crippen molar-refractivity contribution in [2.45, 2.75) is 10.8 Å². The molecule has 2 aromatic rings. The molecule has 0 aliphatic carbocycles. The highest BCUT2D eigenvalue weighted by Crippen LogP contribution is 2.20. The minimum absolute atomic E-state index is 0.771. The minimum Gasteiger partial charge on any atom is -0.478 e. The molecule has 0 aliphatic heterocycles. The van der Waals surface area contributed by atoms with Crippen LogP contribution in [0, 0.1) is 0 Å². The van der Waals surface area contributed by atoms with Gasteiger partial charge in [-0.1, -0.05) is 24.3 Å². The Hall–Kier alpha value is -2.14. The maximum Gasteiger partial charge on any atom is 0.328 e. The van der Waals surface area contributed by atoms with Gasteiger partial charge < -0.3 is 5.11 Å². The Morgan fingerprint density at radius 3 is 3.00 bits per heavy atom. The molecule has 96 valence electrons. The lowest BCUT2D eigenvalue weighted by Crippen LogP contribution is -1.87. The van der Waals surface area contributed by atoms with Gasteiger partial charge in [0, 0.05) is 24.2 Å². The van der Waals surface area contributed by atoms with E-state index in [2.05, 4.69) is 9.97 Å². The van der Waals surface area contributed by atoms with Crippen molar-refractivity contribution in [3.63, 3.8) is 0 Å². The molecule has 1 aromatic carbocycles. The van der Waals surface area contributed by atoms with Crippen LogP contribution in [-0.4, -0.2) is 21.0 Å². The maximum absolute atomic E-state index is 10.5. The quantitative estimate of drug-likeness (QED) is 0.670.